The number of hydrogen-bond acceptors (Lipinski definition) is 7. The van der Waals surface area contributed by atoms with E-state index in [1.807, 2.05) is 25.1 Å². The number of ether oxygens (including phenoxy) is 1. The van der Waals surface area contributed by atoms with Crippen molar-refractivity contribution in [2.24, 2.45) is 15.0 Å². The number of carbonyl (C=O) groups excluding carboxylic acids is 1. The van der Waals surface area contributed by atoms with Crippen molar-refractivity contribution in [1.82, 2.24) is 10.1 Å². The molecule has 4 rings (SSSR count). The van der Waals surface area contributed by atoms with Crippen molar-refractivity contribution in [3.8, 4) is 0 Å². The number of amidine groups is 1. The molecule has 0 bridgehead atoms. The summed E-state index contributed by atoms with van der Waals surface area (Å²) in [5.74, 6) is -0.328. The summed E-state index contributed by atoms with van der Waals surface area (Å²) in [4.78, 5) is 28.1. The van der Waals surface area contributed by atoms with Crippen LogP contribution in [0, 0.1) is 6.92 Å². The molecule has 0 saturated carbocycles. The van der Waals surface area contributed by atoms with Gasteiger partial charge in [-0.15, -0.1) is 0 Å². The molecule has 3 aromatic rings. The third kappa shape index (κ3) is 14.9. The second-order valence-electron chi connectivity index (χ2n) is 14.3. The summed E-state index contributed by atoms with van der Waals surface area (Å²) in [6, 6.07) is 13.9. The predicted molar refractivity (Wildman–Crippen MR) is 240 cm³/mol. The minimum atomic E-state index is -3.29. The fraction of sp³-hybridized carbons (Fsp3) is 0.476. The Labute approximate surface area is 358 Å². The number of hydrogen-bond donors (Lipinski definition) is 2. The maximum atomic E-state index is 14.1. The van der Waals surface area contributed by atoms with Crippen LogP contribution in [0.5, 0.6) is 0 Å². The van der Waals surface area contributed by atoms with Gasteiger partial charge in [-0.05, 0) is 79.6 Å². The van der Waals surface area contributed by atoms with E-state index in [4.69, 9.17) is 61.1 Å². The van der Waals surface area contributed by atoms with E-state index < -0.39 is 15.9 Å². The normalized spacial score (nSPS) is 15.3. The van der Waals surface area contributed by atoms with E-state index in [2.05, 4.69) is 29.0 Å². The Morgan fingerprint density at radius 3 is 2.09 bits per heavy atom. The molecule has 310 valence electrons. The van der Waals surface area contributed by atoms with Gasteiger partial charge in [-0.25, -0.2) is 33.1 Å². The number of rotatable bonds is 23. The molecule has 10 nitrogen and oxygen atoms in total. The second-order valence-corrected chi connectivity index (χ2v) is 17.8. The summed E-state index contributed by atoms with van der Waals surface area (Å²) in [6.07, 6.45) is 17.9. The Morgan fingerprint density at radius 2 is 1.47 bits per heavy atom. The van der Waals surface area contributed by atoms with E-state index >= 15 is 0 Å². The lowest BCUT2D eigenvalue weighted by Gasteiger charge is -2.18. The van der Waals surface area contributed by atoms with Gasteiger partial charge in [0.05, 0.1) is 45.0 Å². The molecule has 1 amide bonds. The molecule has 1 saturated heterocycles. The molecule has 1 aliphatic heterocycles. The standard InChI is InChI=1S/C42H54Cl4N6O4S/c1-5-7-8-9-10-11-12-13-14-15-16-23-56-28-47-33-18-19-34(44)38(27-33)50-41-39(42(53)52(51-41)40-35(45)25-32(43)26-36(40)46)49-37-20-17-31(24-29(37)3)30(6-2)21-22-48-57(4,54)55/h17-20,24-28,30,48H,5-16,21-23H2,1-4H3,(H,50,51). The molecule has 0 aliphatic carbocycles. The van der Waals surface area contributed by atoms with Crippen molar-refractivity contribution in [2.45, 2.75) is 110 Å². The average molecular weight is 881 g/mol. The first-order valence-corrected chi connectivity index (χ1v) is 23.1. The van der Waals surface area contributed by atoms with Crippen LogP contribution in [-0.2, 0) is 19.6 Å². The van der Waals surface area contributed by atoms with Crippen molar-refractivity contribution >= 4 is 103 Å². The number of halogens is 4. The van der Waals surface area contributed by atoms with Crippen LogP contribution in [0.3, 0.4) is 0 Å². The molecule has 57 heavy (non-hydrogen) atoms. The molecular weight excluding hydrogens is 826 g/mol. The number of benzene rings is 3. The minimum absolute atomic E-state index is 0.00222. The number of carbonyl (C=O) groups is 1. The van der Waals surface area contributed by atoms with Crippen LogP contribution in [0.4, 0.5) is 22.7 Å². The van der Waals surface area contributed by atoms with Gasteiger partial charge in [0.25, 0.3) is 5.91 Å². The van der Waals surface area contributed by atoms with Crippen LogP contribution in [-0.4, -0.2) is 51.7 Å². The van der Waals surface area contributed by atoms with Crippen molar-refractivity contribution < 1.29 is 17.9 Å². The van der Waals surface area contributed by atoms with Crippen LogP contribution in [0.15, 0.2) is 63.5 Å². The number of nitrogens with one attached hydrogen (secondary N) is 2. The van der Waals surface area contributed by atoms with E-state index in [9.17, 15) is 13.2 Å². The zero-order valence-corrected chi connectivity index (χ0v) is 37.1. The smallest absolute Gasteiger partial charge is 0.299 e. The quantitative estimate of drug-likeness (QED) is 0.0557. The van der Waals surface area contributed by atoms with Gasteiger partial charge in [0.2, 0.25) is 10.0 Å². The van der Waals surface area contributed by atoms with Crippen molar-refractivity contribution in [3.63, 3.8) is 0 Å². The van der Waals surface area contributed by atoms with Crippen molar-refractivity contribution in [3.05, 3.63) is 79.7 Å². The fourth-order valence-electron chi connectivity index (χ4n) is 6.49. The van der Waals surface area contributed by atoms with Gasteiger partial charge in [-0.1, -0.05) is 137 Å². The highest BCUT2D eigenvalue weighted by molar-refractivity contribution is 7.88. The predicted octanol–water partition coefficient (Wildman–Crippen LogP) is 12.4. The third-order valence-corrected chi connectivity index (χ3v) is 11.5. The van der Waals surface area contributed by atoms with E-state index in [1.54, 1.807) is 18.2 Å². The van der Waals surface area contributed by atoms with Crippen LogP contribution in [0.1, 0.15) is 114 Å². The molecule has 3 aromatic carbocycles. The highest BCUT2D eigenvalue weighted by Crippen LogP contribution is 2.38. The van der Waals surface area contributed by atoms with Crippen LogP contribution in [0.25, 0.3) is 0 Å². The van der Waals surface area contributed by atoms with Crippen molar-refractivity contribution in [1.29, 1.82) is 0 Å². The number of nitrogens with zero attached hydrogens (tertiary/aromatic N) is 4. The zero-order valence-electron chi connectivity index (χ0n) is 33.2. The number of sulfonamides is 1. The Balaban J connectivity index is 1.51. The third-order valence-electron chi connectivity index (χ3n) is 9.63. The number of aliphatic imine (C=N–C) groups is 3. The summed E-state index contributed by atoms with van der Waals surface area (Å²) in [5, 5.41) is 2.11. The van der Waals surface area contributed by atoms with Gasteiger partial charge >= 0.3 is 0 Å². The maximum absolute atomic E-state index is 14.1. The fourth-order valence-corrected chi connectivity index (χ4v) is 8.13. The van der Waals surface area contributed by atoms with Gasteiger partial charge < -0.3 is 4.74 Å². The first-order valence-electron chi connectivity index (χ1n) is 19.7. The summed E-state index contributed by atoms with van der Waals surface area (Å²) in [7, 11) is -3.29. The van der Waals surface area contributed by atoms with E-state index in [1.165, 1.54) is 81.3 Å². The Hall–Kier alpha value is -3.19. The Kier molecular flexibility index (Phi) is 19.1. The highest BCUT2D eigenvalue weighted by atomic mass is 35.5. The molecule has 1 atom stereocenters. The van der Waals surface area contributed by atoms with Crippen LogP contribution < -0.4 is 15.2 Å². The van der Waals surface area contributed by atoms with Gasteiger partial charge in [0.15, 0.2) is 17.9 Å². The molecular formula is C42H54Cl4N6O4S. The lowest BCUT2D eigenvalue weighted by Crippen LogP contribution is -2.36. The summed E-state index contributed by atoms with van der Waals surface area (Å²) < 4.78 is 31.4. The van der Waals surface area contributed by atoms with Gasteiger partial charge in [0, 0.05) is 11.6 Å². The summed E-state index contributed by atoms with van der Waals surface area (Å²) in [5.41, 5.74) is 6.50. The minimum Gasteiger partial charge on any atom is -0.483 e. The molecule has 0 aromatic heterocycles. The zero-order chi connectivity index (χ0) is 41.4. The molecule has 15 heteroatoms. The second kappa shape index (κ2) is 23.4. The van der Waals surface area contributed by atoms with Crippen molar-refractivity contribution in [2.75, 3.05) is 24.4 Å². The molecule has 0 spiro atoms. The number of aryl methyl sites for hydroxylation is 1. The Bertz CT molecular complexity index is 2000. The Morgan fingerprint density at radius 1 is 0.825 bits per heavy atom. The number of anilines is 1. The lowest BCUT2D eigenvalue weighted by atomic mass is 9.92. The number of amides is 1. The first-order chi connectivity index (χ1) is 27.3. The van der Waals surface area contributed by atoms with Crippen LogP contribution >= 0.6 is 46.4 Å². The molecule has 1 fully saturated rings. The topological polar surface area (TPSA) is 125 Å². The van der Waals surface area contributed by atoms with E-state index in [0.717, 1.165) is 36.6 Å². The highest BCUT2D eigenvalue weighted by Gasteiger charge is 2.37. The lowest BCUT2D eigenvalue weighted by molar-refractivity contribution is -0.112. The molecule has 0 radical (unpaired) electrons. The van der Waals surface area contributed by atoms with Crippen LogP contribution in [0.2, 0.25) is 20.1 Å². The molecule has 1 aliphatic rings. The van der Waals surface area contributed by atoms with E-state index in [0.29, 0.717) is 46.7 Å². The summed E-state index contributed by atoms with van der Waals surface area (Å²) >= 11 is 25.9. The maximum Gasteiger partial charge on any atom is 0.299 e. The summed E-state index contributed by atoms with van der Waals surface area (Å²) in [6.45, 7) is 7.11. The van der Waals surface area contributed by atoms with Gasteiger partial charge in [-0.3, -0.25) is 10.2 Å². The number of unbranched alkanes of at least 4 members (excludes halogenated alkanes) is 10. The monoisotopic (exact) mass is 878 g/mol. The average Bonchev–Trinajstić information content (AvgIpc) is 3.44. The number of hydrazine groups is 1. The molecule has 2 N–H and O–H groups in total. The molecule has 1 unspecified atom stereocenters. The SMILES string of the molecule is CCCCCCCCCCCCCOC=Nc1ccc(Cl)c(N=C2NN(c3c(Cl)cc(Cl)cc3Cl)C(=O)C2=Nc2ccc(C(CC)CCNS(C)(=O)=O)cc2C)c1. The van der Waals surface area contributed by atoms with Gasteiger partial charge in [-0.2, -0.15) is 0 Å². The first kappa shape index (κ1) is 46.5. The van der Waals surface area contributed by atoms with E-state index in [-0.39, 0.29) is 33.2 Å². The van der Waals surface area contributed by atoms with Gasteiger partial charge in [0.1, 0.15) is 5.69 Å². The largest absolute Gasteiger partial charge is 0.483 e. The molecule has 1 heterocycles.